The van der Waals surface area contributed by atoms with Crippen molar-refractivity contribution < 1.29 is 9.53 Å². The lowest BCUT2D eigenvalue weighted by atomic mass is 10.0. The van der Waals surface area contributed by atoms with Crippen LogP contribution < -0.4 is 15.8 Å². The van der Waals surface area contributed by atoms with Gasteiger partial charge in [-0.2, -0.15) is 4.98 Å². The fourth-order valence-corrected chi connectivity index (χ4v) is 4.30. The zero-order chi connectivity index (χ0) is 20.0. The van der Waals surface area contributed by atoms with Crippen LogP contribution in [0.3, 0.4) is 0 Å². The van der Waals surface area contributed by atoms with Gasteiger partial charge in [-0.05, 0) is 59.7 Å². The maximum Gasteiger partial charge on any atom is 0.262 e. The molecular formula is C21H19N5O2S. The number of carbonyl (C=O) groups excluding carboxylic acids is 1. The normalized spacial score (nSPS) is 14.7. The molecule has 3 N–H and O–H groups in total. The van der Waals surface area contributed by atoms with E-state index >= 15 is 0 Å². The van der Waals surface area contributed by atoms with Gasteiger partial charge < -0.3 is 15.8 Å². The minimum absolute atomic E-state index is 0.0624. The van der Waals surface area contributed by atoms with Crippen LogP contribution in [0.25, 0.3) is 16.8 Å². The van der Waals surface area contributed by atoms with Crippen molar-refractivity contribution in [2.75, 3.05) is 12.8 Å². The van der Waals surface area contributed by atoms with Gasteiger partial charge in [0, 0.05) is 11.8 Å². The van der Waals surface area contributed by atoms with Gasteiger partial charge in [0.05, 0.1) is 17.5 Å². The third-order valence-electron chi connectivity index (χ3n) is 5.23. The van der Waals surface area contributed by atoms with E-state index in [4.69, 9.17) is 10.5 Å². The van der Waals surface area contributed by atoms with Crippen LogP contribution in [0, 0.1) is 0 Å². The summed E-state index contributed by atoms with van der Waals surface area (Å²) >= 11 is 1.43. The first-order valence-electron chi connectivity index (χ1n) is 9.24. The van der Waals surface area contributed by atoms with E-state index in [1.807, 2.05) is 54.0 Å². The Hall–Kier alpha value is -3.39. The number of amides is 1. The summed E-state index contributed by atoms with van der Waals surface area (Å²) in [5.74, 6) is 0.970. The summed E-state index contributed by atoms with van der Waals surface area (Å²) in [7, 11) is 1.65. The molecule has 0 saturated heterocycles. The average molecular weight is 405 g/mol. The number of carbonyl (C=O) groups is 1. The van der Waals surface area contributed by atoms with Crippen LogP contribution in [0.2, 0.25) is 0 Å². The highest BCUT2D eigenvalue weighted by molar-refractivity contribution is 7.12. The molecule has 0 spiro atoms. The molecule has 1 saturated carbocycles. The number of ether oxygens (including phenoxy) is 1. The summed E-state index contributed by atoms with van der Waals surface area (Å²) in [6.45, 7) is 0. The molecule has 146 valence electrons. The summed E-state index contributed by atoms with van der Waals surface area (Å²) in [5.41, 5.74) is 9.03. The molecule has 7 nitrogen and oxygen atoms in total. The Labute approximate surface area is 171 Å². The van der Waals surface area contributed by atoms with Crippen LogP contribution in [0.5, 0.6) is 5.75 Å². The second-order valence-electron chi connectivity index (χ2n) is 7.16. The first kappa shape index (κ1) is 17.7. The van der Waals surface area contributed by atoms with Crippen molar-refractivity contribution in [1.29, 1.82) is 0 Å². The number of nitrogen functional groups attached to an aromatic ring is 1. The molecular weight excluding hydrogens is 386 g/mol. The van der Waals surface area contributed by atoms with Crippen molar-refractivity contribution in [2.45, 2.75) is 18.4 Å². The highest BCUT2D eigenvalue weighted by atomic mass is 32.1. The number of aromatic nitrogens is 3. The van der Waals surface area contributed by atoms with E-state index in [1.165, 1.54) is 11.3 Å². The summed E-state index contributed by atoms with van der Waals surface area (Å²) in [5, 5.41) is 9.34. The molecule has 0 unspecified atom stereocenters. The van der Waals surface area contributed by atoms with Gasteiger partial charge in [-0.25, -0.2) is 4.52 Å². The van der Waals surface area contributed by atoms with Crippen LogP contribution in [0.4, 0.5) is 5.95 Å². The highest BCUT2D eigenvalue weighted by Gasteiger charge is 2.46. The average Bonchev–Trinajstić information content (AvgIpc) is 3.17. The third-order valence-corrected chi connectivity index (χ3v) is 6.16. The minimum atomic E-state index is -0.299. The van der Waals surface area contributed by atoms with E-state index in [1.54, 1.807) is 11.6 Å². The summed E-state index contributed by atoms with van der Waals surface area (Å²) < 4.78 is 6.96. The van der Waals surface area contributed by atoms with Crippen molar-refractivity contribution in [3.05, 3.63) is 64.5 Å². The van der Waals surface area contributed by atoms with Gasteiger partial charge in [0.2, 0.25) is 5.95 Å². The fraction of sp³-hybridized carbons (Fsp3) is 0.190. The predicted octanol–water partition coefficient (Wildman–Crippen LogP) is 3.47. The van der Waals surface area contributed by atoms with Crippen LogP contribution >= 0.6 is 11.3 Å². The van der Waals surface area contributed by atoms with E-state index < -0.39 is 0 Å². The number of methoxy groups -OCH3 is 1. The third kappa shape index (κ3) is 3.21. The van der Waals surface area contributed by atoms with E-state index in [2.05, 4.69) is 15.4 Å². The Bertz CT molecular complexity index is 1220. The quantitative estimate of drug-likeness (QED) is 0.530. The summed E-state index contributed by atoms with van der Waals surface area (Å²) in [4.78, 5) is 17.7. The number of pyridine rings is 1. The van der Waals surface area contributed by atoms with Crippen molar-refractivity contribution in [2.24, 2.45) is 0 Å². The van der Waals surface area contributed by atoms with Crippen LogP contribution in [0.1, 0.15) is 28.1 Å². The number of rotatable bonds is 5. The van der Waals surface area contributed by atoms with E-state index in [0.717, 1.165) is 35.3 Å². The van der Waals surface area contributed by atoms with Crippen molar-refractivity contribution in [3.8, 4) is 16.9 Å². The smallest absolute Gasteiger partial charge is 0.262 e. The molecule has 0 aliphatic heterocycles. The summed E-state index contributed by atoms with van der Waals surface area (Å²) in [6.07, 6.45) is 3.71. The number of thiophene rings is 1. The molecule has 3 heterocycles. The van der Waals surface area contributed by atoms with E-state index in [9.17, 15) is 4.79 Å². The molecule has 1 amide bonds. The van der Waals surface area contributed by atoms with E-state index in [0.29, 0.717) is 10.5 Å². The van der Waals surface area contributed by atoms with Crippen LogP contribution in [-0.4, -0.2) is 27.6 Å². The van der Waals surface area contributed by atoms with Gasteiger partial charge in [-0.15, -0.1) is 16.4 Å². The molecule has 4 aromatic rings. The minimum Gasteiger partial charge on any atom is -0.497 e. The summed E-state index contributed by atoms with van der Waals surface area (Å²) in [6, 6.07) is 13.6. The van der Waals surface area contributed by atoms with Crippen molar-refractivity contribution in [1.82, 2.24) is 19.9 Å². The lowest BCUT2D eigenvalue weighted by Gasteiger charge is -2.18. The molecule has 29 heavy (non-hydrogen) atoms. The number of benzene rings is 1. The molecule has 3 aromatic heterocycles. The maximum absolute atomic E-state index is 12.9. The molecule has 0 atom stereocenters. The number of nitrogens with one attached hydrogen (secondary N) is 1. The zero-order valence-electron chi connectivity index (χ0n) is 15.8. The largest absolute Gasteiger partial charge is 0.497 e. The molecule has 0 bridgehead atoms. The number of nitrogens with two attached hydrogens (primary N) is 1. The Kier molecular flexibility index (Phi) is 4.02. The number of fused-ring (bicyclic) bond motifs is 1. The van der Waals surface area contributed by atoms with Gasteiger partial charge in [0.15, 0.2) is 5.65 Å². The first-order chi connectivity index (χ1) is 14.1. The molecule has 1 fully saturated rings. The SMILES string of the molecule is COc1cccc(C2(NC(=O)c3cc(-c4ccc5nc(N)nn5c4)cs3)CC2)c1. The Morgan fingerprint density at radius 3 is 2.90 bits per heavy atom. The highest BCUT2D eigenvalue weighted by Crippen LogP contribution is 2.46. The predicted molar refractivity (Wildman–Crippen MR) is 112 cm³/mol. The second kappa shape index (κ2) is 6.59. The molecule has 1 aromatic carbocycles. The van der Waals surface area contributed by atoms with E-state index in [-0.39, 0.29) is 17.4 Å². The number of anilines is 1. The molecule has 8 heteroatoms. The molecule has 5 rings (SSSR count). The Balaban J connectivity index is 1.37. The van der Waals surface area contributed by atoms with Crippen molar-refractivity contribution in [3.63, 3.8) is 0 Å². The Morgan fingerprint density at radius 2 is 2.10 bits per heavy atom. The fourth-order valence-electron chi connectivity index (χ4n) is 3.49. The standard InChI is InChI=1S/C21H19N5O2S/c1-28-16-4-2-3-15(10-16)21(7-8-21)24-19(27)17-9-14(12-29-17)13-5-6-18-23-20(22)25-26(18)11-13/h2-6,9-12H,7-8H2,1H3,(H2,22,25)(H,24,27). The topological polar surface area (TPSA) is 94.5 Å². The van der Waals surface area contributed by atoms with Crippen molar-refractivity contribution >= 4 is 28.8 Å². The van der Waals surface area contributed by atoms with Gasteiger partial charge in [-0.3, -0.25) is 4.79 Å². The second-order valence-corrected chi connectivity index (χ2v) is 8.07. The molecule has 1 aliphatic carbocycles. The monoisotopic (exact) mass is 405 g/mol. The maximum atomic E-state index is 12.9. The van der Waals surface area contributed by atoms with Crippen LogP contribution in [0.15, 0.2) is 54.0 Å². The number of hydrogen-bond acceptors (Lipinski definition) is 6. The Morgan fingerprint density at radius 1 is 1.24 bits per heavy atom. The molecule has 0 radical (unpaired) electrons. The number of hydrogen-bond donors (Lipinski definition) is 2. The lowest BCUT2D eigenvalue weighted by molar-refractivity contribution is 0.0935. The van der Waals surface area contributed by atoms with Crippen LogP contribution in [-0.2, 0) is 5.54 Å². The van der Waals surface area contributed by atoms with Gasteiger partial charge in [0.25, 0.3) is 5.91 Å². The number of nitrogens with zero attached hydrogens (tertiary/aromatic N) is 3. The van der Waals surface area contributed by atoms with Gasteiger partial charge in [-0.1, -0.05) is 12.1 Å². The first-order valence-corrected chi connectivity index (χ1v) is 10.1. The lowest BCUT2D eigenvalue weighted by Crippen LogP contribution is -2.34. The van der Waals surface area contributed by atoms with Gasteiger partial charge >= 0.3 is 0 Å². The van der Waals surface area contributed by atoms with Gasteiger partial charge in [0.1, 0.15) is 5.75 Å². The molecule has 1 aliphatic rings. The zero-order valence-corrected chi connectivity index (χ0v) is 16.6.